The first-order valence-electron chi connectivity index (χ1n) is 6.65. The molecule has 4 rings (SSSR count). The molecular formula is C14H10Cl2N4O2S2. The van der Waals surface area contributed by atoms with E-state index < -0.39 is 0 Å². The lowest BCUT2D eigenvalue weighted by molar-refractivity contribution is 0.425. The highest BCUT2D eigenvalue weighted by Crippen LogP contribution is 2.23. The van der Waals surface area contributed by atoms with Crippen molar-refractivity contribution in [2.45, 2.75) is 11.8 Å². The van der Waals surface area contributed by atoms with Gasteiger partial charge in [0.05, 0.1) is 21.5 Å². The third-order valence-electron chi connectivity index (χ3n) is 2.64. The van der Waals surface area contributed by atoms with Crippen molar-refractivity contribution in [3.63, 3.8) is 0 Å². The second-order valence-corrected chi connectivity index (χ2v) is 6.68. The molecule has 0 unspecified atom stereocenters. The van der Waals surface area contributed by atoms with E-state index in [-0.39, 0.29) is 11.8 Å². The molecule has 0 aliphatic carbocycles. The first-order valence-corrected chi connectivity index (χ1v) is 9.48. The number of hydrogen-bond donors (Lipinski definition) is 0. The third kappa shape index (κ3) is 4.21. The zero-order valence-electron chi connectivity index (χ0n) is 12.1. The molecule has 6 nitrogen and oxygen atoms in total. The largest absolute Gasteiger partial charge is 0.333 e. The smallest absolute Gasteiger partial charge is 0.268 e. The predicted octanol–water partition coefficient (Wildman–Crippen LogP) is 5.07. The van der Waals surface area contributed by atoms with Crippen LogP contribution in [-0.2, 0) is 11.8 Å². The lowest BCUT2D eigenvalue weighted by atomic mass is 10.5. The van der Waals surface area contributed by atoms with Crippen molar-refractivity contribution in [2.24, 2.45) is 0 Å². The van der Waals surface area contributed by atoms with E-state index in [1.54, 1.807) is 22.7 Å². The van der Waals surface area contributed by atoms with Crippen LogP contribution in [0.2, 0.25) is 0 Å². The summed E-state index contributed by atoms with van der Waals surface area (Å²) in [4.78, 5) is 10.1. The van der Waals surface area contributed by atoms with Crippen LogP contribution in [0, 0.1) is 0 Å². The minimum absolute atomic E-state index is 0.287. The van der Waals surface area contributed by atoms with Gasteiger partial charge in [-0.1, -0.05) is 22.4 Å². The van der Waals surface area contributed by atoms with Crippen molar-refractivity contribution in [3.8, 4) is 21.5 Å². The molecule has 0 N–H and O–H groups in total. The molecule has 4 aromatic rings. The van der Waals surface area contributed by atoms with Crippen LogP contribution in [0.3, 0.4) is 0 Å². The van der Waals surface area contributed by atoms with Crippen molar-refractivity contribution in [2.75, 3.05) is 0 Å². The minimum atomic E-state index is 0.287. The molecular weight excluding hydrogens is 391 g/mol. The molecule has 24 heavy (non-hydrogen) atoms. The summed E-state index contributed by atoms with van der Waals surface area (Å²) in [5, 5.41) is 11.3. The maximum Gasteiger partial charge on any atom is 0.268 e. The molecule has 0 atom stereocenters. The quantitative estimate of drug-likeness (QED) is 0.444. The van der Waals surface area contributed by atoms with Crippen molar-refractivity contribution < 1.29 is 9.05 Å². The highest BCUT2D eigenvalue weighted by Gasteiger charge is 2.08. The number of thiophene rings is 2. The molecule has 0 aliphatic heterocycles. The summed E-state index contributed by atoms with van der Waals surface area (Å²) in [6.45, 7) is 0. The molecule has 4 heterocycles. The average Bonchev–Trinajstić information content (AvgIpc) is 3.43. The average molecular weight is 401 g/mol. The molecule has 0 aliphatic rings. The molecule has 0 fully saturated rings. The third-order valence-corrected chi connectivity index (χ3v) is 4.83. The fourth-order valence-electron chi connectivity index (χ4n) is 1.62. The number of halogens is 2. The van der Waals surface area contributed by atoms with E-state index in [0.717, 1.165) is 9.75 Å². The van der Waals surface area contributed by atoms with Gasteiger partial charge < -0.3 is 9.05 Å². The van der Waals surface area contributed by atoms with Gasteiger partial charge in [-0.3, -0.25) is 0 Å². The van der Waals surface area contributed by atoms with Crippen LogP contribution in [0.1, 0.15) is 11.6 Å². The van der Waals surface area contributed by atoms with Gasteiger partial charge in [0, 0.05) is 0 Å². The van der Waals surface area contributed by atoms with E-state index >= 15 is 0 Å². The Hall–Kier alpha value is -1.74. The Balaban J connectivity index is 0.000000141. The van der Waals surface area contributed by atoms with Gasteiger partial charge in [0.15, 0.2) is 11.6 Å². The summed E-state index contributed by atoms with van der Waals surface area (Å²) in [6, 6.07) is 7.72. The molecule has 0 bridgehead atoms. The maximum absolute atomic E-state index is 5.52. The SMILES string of the molecule is ClCc1noc(-c2cccs2)n1.ClCc1noc(-c2cccs2)n1. The zero-order valence-corrected chi connectivity index (χ0v) is 15.2. The van der Waals surface area contributed by atoms with Crippen molar-refractivity contribution in [3.05, 3.63) is 46.7 Å². The summed E-state index contributed by atoms with van der Waals surface area (Å²) in [7, 11) is 0. The lowest BCUT2D eigenvalue weighted by Crippen LogP contribution is -1.78. The first kappa shape index (κ1) is 17.1. The Kier molecular flexibility index (Phi) is 5.97. The van der Waals surface area contributed by atoms with Gasteiger partial charge in [-0.15, -0.1) is 45.9 Å². The summed E-state index contributed by atoms with van der Waals surface area (Å²) in [5.41, 5.74) is 0. The maximum atomic E-state index is 5.52. The normalized spacial score (nSPS) is 10.4. The van der Waals surface area contributed by atoms with Gasteiger partial charge >= 0.3 is 0 Å². The van der Waals surface area contributed by atoms with Gasteiger partial charge in [-0.25, -0.2) is 0 Å². The van der Waals surface area contributed by atoms with Crippen LogP contribution in [0.5, 0.6) is 0 Å². The van der Waals surface area contributed by atoms with Gasteiger partial charge in [-0.2, -0.15) is 9.97 Å². The lowest BCUT2D eigenvalue weighted by Gasteiger charge is -1.81. The van der Waals surface area contributed by atoms with Crippen molar-refractivity contribution >= 4 is 45.9 Å². The number of nitrogens with zero attached hydrogens (tertiary/aromatic N) is 4. The Morgan fingerprint density at radius 2 is 1.25 bits per heavy atom. The highest BCUT2D eigenvalue weighted by atomic mass is 35.5. The van der Waals surface area contributed by atoms with Gasteiger partial charge in [-0.05, 0) is 22.9 Å². The Morgan fingerprint density at radius 1 is 0.792 bits per heavy atom. The number of aromatic nitrogens is 4. The number of hydrogen-bond acceptors (Lipinski definition) is 8. The predicted molar refractivity (Wildman–Crippen MR) is 94.3 cm³/mol. The van der Waals surface area contributed by atoms with E-state index in [1.807, 2.05) is 35.0 Å². The van der Waals surface area contributed by atoms with Gasteiger partial charge in [0.2, 0.25) is 0 Å². The van der Waals surface area contributed by atoms with Gasteiger partial charge in [0.1, 0.15) is 0 Å². The fourth-order valence-corrected chi connectivity index (χ4v) is 3.12. The Morgan fingerprint density at radius 3 is 1.54 bits per heavy atom. The van der Waals surface area contributed by atoms with Crippen LogP contribution in [0.25, 0.3) is 21.5 Å². The molecule has 124 valence electrons. The van der Waals surface area contributed by atoms with E-state index in [9.17, 15) is 0 Å². The minimum Gasteiger partial charge on any atom is -0.333 e. The molecule has 0 saturated heterocycles. The highest BCUT2D eigenvalue weighted by molar-refractivity contribution is 7.13. The second kappa shape index (κ2) is 8.39. The van der Waals surface area contributed by atoms with Crippen LogP contribution in [-0.4, -0.2) is 20.3 Å². The van der Waals surface area contributed by atoms with Crippen LogP contribution in [0.15, 0.2) is 44.1 Å². The molecule has 10 heteroatoms. The van der Waals surface area contributed by atoms with E-state index in [1.165, 1.54) is 0 Å². The standard InChI is InChI=1S/2C7H5ClN2OS/c2*8-4-6-9-7(11-10-6)5-2-1-3-12-5/h2*1-3H,4H2. The molecule has 0 aromatic carbocycles. The molecule has 0 spiro atoms. The summed E-state index contributed by atoms with van der Waals surface area (Å²) >= 11 is 14.2. The molecule has 0 saturated carbocycles. The van der Waals surface area contributed by atoms with Crippen LogP contribution < -0.4 is 0 Å². The fraction of sp³-hybridized carbons (Fsp3) is 0.143. The summed E-state index contributed by atoms with van der Waals surface area (Å²) < 4.78 is 9.93. The molecule has 4 aromatic heterocycles. The number of alkyl halides is 2. The summed E-state index contributed by atoms with van der Waals surface area (Å²) in [6.07, 6.45) is 0. The number of rotatable bonds is 4. The van der Waals surface area contributed by atoms with Gasteiger partial charge in [0.25, 0.3) is 11.8 Å². The second-order valence-electron chi connectivity index (χ2n) is 4.25. The van der Waals surface area contributed by atoms with Crippen molar-refractivity contribution in [1.29, 1.82) is 0 Å². The summed E-state index contributed by atoms with van der Waals surface area (Å²) in [5.74, 6) is 2.71. The topological polar surface area (TPSA) is 77.8 Å². The molecule has 0 amide bonds. The van der Waals surface area contributed by atoms with Crippen molar-refractivity contribution in [1.82, 2.24) is 20.3 Å². The van der Waals surface area contributed by atoms with Crippen LogP contribution >= 0.6 is 45.9 Å². The monoisotopic (exact) mass is 400 g/mol. The Bertz CT molecular complexity index is 787. The van der Waals surface area contributed by atoms with E-state index in [2.05, 4.69) is 20.3 Å². The Labute approximate surface area is 155 Å². The zero-order chi connectivity index (χ0) is 16.8. The van der Waals surface area contributed by atoms with Crippen LogP contribution in [0.4, 0.5) is 0 Å². The van der Waals surface area contributed by atoms with E-state index in [0.29, 0.717) is 23.4 Å². The first-order chi connectivity index (χ1) is 11.8. The van der Waals surface area contributed by atoms with E-state index in [4.69, 9.17) is 32.2 Å². The molecule has 0 radical (unpaired) electrons.